The molecule has 2 aromatic carbocycles. The third kappa shape index (κ3) is 5.73. The van der Waals surface area contributed by atoms with Crippen LogP contribution in [-0.4, -0.2) is 31.3 Å². The molecule has 6 nitrogen and oxygen atoms in total. The second-order valence-corrected chi connectivity index (χ2v) is 5.92. The molecule has 0 radical (unpaired) electrons. The van der Waals surface area contributed by atoms with Gasteiger partial charge in [0.05, 0.1) is 6.42 Å². The zero-order chi connectivity index (χ0) is 18.9. The Kier molecular flexibility index (Phi) is 6.91. The molecule has 0 aliphatic heterocycles. The second kappa shape index (κ2) is 9.36. The molecule has 6 heteroatoms. The number of anilines is 1. The summed E-state index contributed by atoms with van der Waals surface area (Å²) < 4.78 is 0. The summed E-state index contributed by atoms with van der Waals surface area (Å²) in [7, 11) is 1.57. The van der Waals surface area contributed by atoms with E-state index in [0.717, 1.165) is 11.1 Å². The summed E-state index contributed by atoms with van der Waals surface area (Å²) in [5.41, 5.74) is 2.92. The number of hydrogen-bond acceptors (Lipinski definition) is 3. The number of amides is 3. The van der Waals surface area contributed by atoms with Gasteiger partial charge in [-0.3, -0.25) is 14.4 Å². The van der Waals surface area contributed by atoms with Crippen molar-refractivity contribution in [1.82, 2.24) is 10.6 Å². The molecule has 0 aliphatic carbocycles. The summed E-state index contributed by atoms with van der Waals surface area (Å²) in [6.07, 6.45) is 0.472. The second-order valence-electron chi connectivity index (χ2n) is 5.92. The van der Waals surface area contributed by atoms with Crippen molar-refractivity contribution in [3.8, 4) is 0 Å². The molecule has 0 spiro atoms. The first kappa shape index (κ1) is 19.2. The first-order valence-corrected chi connectivity index (χ1v) is 8.43. The lowest BCUT2D eigenvalue weighted by molar-refractivity contribution is -0.120. The van der Waals surface area contributed by atoms with Crippen LogP contribution in [-0.2, 0) is 16.0 Å². The van der Waals surface area contributed by atoms with Crippen LogP contribution in [0.5, 0.6) is 0 Å². The Hall–Kier alpha value is -3.15. The summed E-state index contributed by atoms with van der Waals surface area (Å²) in [5.74, 6) is -0.483. The average Bonchev–Trinajstić information content (AvgIpc) is 2.63. The minimum atomic E-state index is -0.194. The van der Waals surface area contributed by atoms with E-state index in [4.69, 9.17) is 0 Å². The Bertz CT molecular complexity index is 788. The van der Waals surface area contributed by atoms with Crippen molar-refractivity contribution in [2.45, 2.75) is 19.8 Å². The van der Waals surface area contributed by atoms with Gasteiger partial charge in [0.1, 0.15) is 0 Å². The van der Waals surface area contributed by atoms with Crippen molar-refractivity contribution in [2.24, 2.45) is 0 Å². The molecule has 0 fully saturated rings. The van der Waals surface area contributed by atoms with Gasteiger partial charge in [-0.25, -0.2) is 0 Å². The van der Waals surface area contributed by atoms with Crippen molar-refractivity contribution >= 4 is 23.4 Å². The summed E-state index contributed by atoms with van der Waals surface area (Å²) in [6.45, 7) is 2.09. The lowest BCUT2D eigenvalue weighted by Gasteiger charge is -2.10. The smallest absolute Gasteiger partial charge is 0.251 e. The van der Waals surface area contributed by atoms with Crippen LogP contribution in [0.1, 0.15) is 27.9 Å². The first-order chi connectivity index (χ1) is 12.5. The van der Waals surface area contributed by atoms with Gasteiger partial charge in [-0.2, -0.15) is 0 Å². The van der Waals surface area contributed by atoms with E-state index in [9.17, 15) is 14.4 Å². The number of carbonyl (C=O) groups is 3. The van der Waals surface area contributed by atoms with Gasteiger partial charge in [0.2, 0.25) is 11.8 Å². The highest BCUT2D eigenvalue weighted by atomic mass is 16.2. The number of benzene rings is 2. The third-order valence-electron chi connectivity index (χ3n) is 3.87. The molecule has 2 rings (SSSR count). The molecule has 0 saturated heterocycles. The van der Waals surface area contributed by atoms with Gasteiger partial charge in [-0.1, -0.05) is 30.3 Å². The largest absolute Gasteiger partial charge is 0.355 e. The van der Waals surface area contributed by atoms with Gasteiger partial charge in [-0.15, -0.1) is 0 Å². The molecule has 0 atom stereocenters. The molecule has 0 aromatic heterocycles. The predicted molar refractivity (Wildman–Crippen MR) is 101 cm³/mol. The minimum Gasteiger partial charge on any atom is -0.355 e. The van der Waals surface area contributed by atoms with E-state index >= 15 is 0 Å². The van der Waals surface area contributed by atoms with Gasteiger partial charge in [0.15, 0.2) is 0 Å². The molecule has 3 amide bonds. The minimum absolute atomic E-state index is 0.116. The molecular formula is C20H23N3O3. The van der Waals surface area contributed by atoms with Crippen molar-refractivity contribution in [3.05, 3.63) is 65.2 Å². The highest BCUT2D eigenvalue weighted by molar-refractivity contribution is 5.96. The van der Waals surface area contributed by atoms with Crippen molar-refractivity contribution < 1.29 is 14.4 Å². The Labute approximate surface area is 153 Å². The summed E-state index contributed by atoms with van der Waals surface area (Å²) in [6, 6.07) is 14.5. The molecule has 26 heavy (non-hydrogen) atoms. The van der Waals surface area contributed by atoms with Crippen molar-refractivity contribution in [1.29, 1.82) is 0 Å². The fourth-order valence-electron chi connectivity index (χ4n) is 2.46. The number of hydrogen-bond donors (Lipinski definition) is 3. The molecule has 2 aromatic rings. The molecule has 0 unspecified atom stereocenters. The molecule has 0 saturated carbocycles. The highest BCUT2D eigenvalue weighted by Crippen LogP contribution is 2.16. The molecule has 3 N–H and O–H groups in total. The average molecular weight is 353 g/mol. The van der Waals surface area contributed by atoms with E-state index in [1.807, 2.05) is 37.3 Å². The van der Waals surface area contributed by atoms with E-state index in [1.54, 1.807) is 25.2 Å². The van der Waals surface area contributed by atoms with Crippen LogP contribution >= 0.6 is 0 Å². The maximum absolute atomic E-state index is 12.0. The van der Waals surface area contributed by atoms with Crippen LogP contribution in [0, 0.1) is 6.92 Å². The zero-order valence-electron chi connectivity index (χ0n) is 15.0. The molecule has 0 aliphatic rings. The highest BCUT2D eigenvalue weighted by Gasteiger charge is 2.09. The predicted octanol–water partition coefficient (Wildman–Crippen LogP) is 2.04. The third-order valence-corrected chi connectivity index (χ3v) is 3.87. The number of nitrogens with one attached hydrogen (secondary N) is 3. The summed E-state index contributed by atoms with van der Waals surface area (Å²) >= 11 is 0. The molecular weight excluding hydrogens is 330 g/mol. The fraction of sp³-hybridized carbons (Fsp3) is 0.250. The lowest BCUT2D eigenvalue weighted by atomic mass is 10.1. The van der Waals surface area contributed by atoms with Crippen LogP contribution in [0.2, 0.25) is 0 Å². The van der Waals surface area contributed by atoms with Gasteiger partial charge in [0, 0.05) is 31.3 Å². The van der Waals surface area contributed by atoms with Crippen molar-refractivity contribution in [3.63, 3.8) is 0 Å². The number of carbonyl (C=O) groups excluding carboxylic acids is 3. The topological polar surface area (TPSA) is 87.3 Å². The zero-order valence-corrected chi connectivity index (χ0v) is 15.0. The summed E-state index contributed by atoms with van der Waals surface area (Å²) in [4.78, 5) is 35.5. The van der Waals surface area contributed by atoms with Gasteiger partial charge >= 0.3 is 0 Å². The Morgan fingerprint density at radius 3 is 2.35 bits per heavy atom. The lowest BCUT2D eigenvalue weighted by Crippen LogP contribution is -2.29. The maximum atomic E-state index is 12.0. The Morgan fingerprint density at radius 2 is 1.69 bits per heavy atom. The Morgan fingerprint density at radius 1 is 0.962 bits per heavy atom. The number of rotatable bonds is 7. The Balaban J connectivity index is 1.78. The standard InChI is InChI=1S/C20H23N3O3/c1-14-12-16(20(26)21-2)8-9-17(14)23-18(24)10-11-22-19(25)13-15-6-4-3-5-7-15/h3-9,12H,10-11,13H2,1-2H3,(H,21,26)(H,22,25)(H,23,24). The SMILES string of the molecule is CNC(=O)c1ccc(NC(=O)CCNC(=O)Cc2ccccc2)c(C)c1. The normalized spacial score (nSPS) is 10.1. The summed E-state index contributed by atoms with van der Waals surface area (Å²) in [5, 5.41) is 8.10. The first-order valence-electron chi connectivity index (χ1n) is 8.43. The van der Waals surface area contributed by atoms with E-state index in [2.05, 4.69) is 16.0 Å². The van der Waals surface area contributed by atoms with Crippen LogP contribution in [0.4, 0.5) is 5.69 Å². The van der Waals surface area contributed by atoms with Gasteiger partial charge < -0.3 is 16.0 Å². The molecule has 136 valence electrons. The van der Waals surface area contributed by atoms with E-state index in [1.165, 1.54) is 0 Å². The monoisotopic (exact) mass is 353 g/mol. The molecule has 0 heterocycles. The maximum Gasteiger partial charge on any atom is 0.251 e. The van der Waals surface area contributed by atoms with E-state index < -0.39 is 0 Å². The van der Waals surface area contributed by atoms with Crippen LogP contribution < -0.4 is 16.0 Å². The van der Waals surface area contributed by atoms with Gasteiger partial charge in [-0.05, 0) is 36.2 Å². The van der Waals surface area contributed by atoms with Crippen molar-refractivity contribution in [2.75, 3.05) is 18.9 Å². The van der Waals surface area contributed by atoms with Crippen LogP contribution in [0.25, 0.3) is 0 Å². The van der Waals surface area contributed by atoms with Gasteiger partial charge in [0.25, 0.3) is 5.91 Å². The fourth-order valence-corrected chi connectivity index (χ4v) is 2.46. The molecule has 0 bridgehead atoms. The van der Waals surface area contributed by atoms with Crippen LogP contribution in [0.3, 0.4) is 0 Å². The van der Waals surface area contributed by atoms with E-state index in [-0.39, 0.29) is 30.7 Å². The number of aryl methyl sites for hydroxylation is 1. The van der Waals surface area contributed by atoms with Crippen LogP contribution in [0.15, 0.2) is 48.5 Å². The quantitative estimate of drug-likeness (QED) is 0.712. The van der Waals surface area contributed by atoms with E-state index in [0.29, 0.717) is 17.7 Å².